The Morgan fingerprint density at radius 1 is 1.50 bits per heavy atom. The van der Waals surface area contributed by atoms with Gasteiger partial charge in [0, 0.05) is 21.0 Å². The second-order valence-corrected chi connectivity index (χ2v) is 7.27. The summed E-state index contributed by atoms with van der Waals surface area (Å²) in [5, 5.41) is 2.77. The van der Waals surface area contributed by atoms with Gasteiger partial charge in [0.2, 0.25) is 0 Å². The van der Waals surface area contributed by atoms with Crippen LogP contribution in [0.15, 0.2) is 15.9 Å². The Morgan fingerprint density at radius 2 is 2.25 bits per heavy atom. The molecule has 1 nitrogen and oxygen atoms in total. The van der Waals surface area contributed by atoms with E-state index in [1.54, 1.807) is 11.3 Å². The first-order valence-corrected chi connectivity index (χ1v) is 8.33. The highest BCUT2D eigenvalue weighted by molar-refractivity contribution is 9.10. The summed E-state index contributed by atoms with van der Waals surface area (Å²) in [6.45, 7) is 0. The minimum absolute atomic E-state index is 0.361. The van der Waals surface area contributed by atoms with E-state index in [0.717, 1.165) is 14.6 Å². The molecule has 0 amide bonds. The van der Waals surface area contributed by atoms with Gasteiger partial charge in [-0.15, -0.1) is 11.3 Å². The van der Waals surface area contributed by atoms with Crippen LogP contribution in [0.3, 0.4) is 0 Å². The van der Waals surface area contributed by atoms with E-state index in [-0.39, 0.29) is 0 Å². The molecule has 4 heteroatoms. The van der Waals surface area contributed by atoms with E-state index in [1.807, 2.05) is 23.2 Å². The zero-order valence-corrected chi connectivity index (χ0v) is 12.3. The lowest BCUT2D eigenvalue weighted by Gasteiger charge is -2.07. The van der Waals surface area contributed by atoms with Gasteiger partial charge in [0.15, 0.2) is 0 Å². The largest absolute Gasteiger partial charge is 0.298 e. The lowest BCUT2D eigenvalue weighted by molar-refractivity contribution is -0.115. The molecule has 0 atom stereocenters. The van der Waals surface area contributed by atoms with Crippen molar-refractivity contribution in [3.63, 3.8) is 0 Å². The topological polar surface area (TPSA) is 17.1 Å². The molecule has 0 N–H and O–H groups in total. The molecule has 1 aliphatic rings. The minimum Gasteiger partial charge on any atom is -0.298 e. The van der Waals surface area contributed by atoms with Gasteiger partial charge in [-0.2, -0.15) is 11.8 Å². The Kier molecular flexibility index (Phi) is 4.92. The van der Waals surface area contributed by atoms with E-state index in [0.29, 0.717) is 18.0 Å². The van der Waals surface area contributed by atoms with Crippen molar-refractivity contribution in [1.29, 1.82) is 0 Å². The van der Waals surface area contributed by atoms with Crippen molar-refractivity contribution in [2.75, 3.05) is 5.75 Å². The number of halogens is 1. The number of hydrogen-bond acceptors (Lipinski definition) is 3. The fourth-order valence-electron chi connectivity index (χ4n) is 1.95. The lowest BCUT2D eigenvalue weighted by atomic mass is 10.3. The van der Waals surface area contributed by atoms with E-state index in [9.17, 15) is 4.79 Å². The van der Waals surface area contributed by atoms with Crippen LogP contribution in [0.2, 0.25) is 0 Å². The molecular weight excluding hydrogens is 304 g/mol. The van der Waals surface area contributed by atoms with Gasteiger partial charge in [-0.3, -0.25) is 4.79 Å². The van der Waals surface area contributed by atoms with Crippen molar-refractivity contribution in [3.05, 3.63) is 20.8 Å². The highest BCUT2D eigenvalue weighted by Gasteiger charge is 2.17. The van der Waals surface area contributed by atoms with Crippen LogP contribution in [-0.2, 0) is 11.2 Å². The molecular formula is C12H15BrOS2. The maximum atomic E-state index is 11.8. The maximum absolute atomic E-state index is 11.8. The Balaban J connectivity index is 1.74. The number of ketones is 1. The summed E-state index contributed by atoms with van der Waals surface area (Å²) in [7, 11) is 0. The van der Waals surface area contributed by atoms with Crippen molar-refractivity contribution in [2.24, 2.45) is 0 Å². The summed E-state index contributed by atoms with van der Waals surface area (Å²) >= 11 is 6.98. The number of carbonyl (C=O) groups is 1. The van der Waals surface area contributed by atoms with Gasteiger partial charge < -0.3 is 0 Å². The summed E-state index contributed by atoms with van der Waals surface area (Å²) < 4.78 is 1.08. The van der Waals surface area contributed by atoms with Crippen LogP contribution in [0.1, 0.15) is 30.6 Å². The maximum Gasteiger partial charge on any atom is 0.147 e. The molecule has 1 aromatic heterocycles. The third kappa shape index (κ3) is 3.60. The average Bonchev–Trinajstić information content (AvgIpc) is 2.88. The van der Waals surface area contributed by atoms with Crippen molar-refractivity contribution in [2.45, 2.75) is 37.4 Å². The Bertz CT molecular complexity index is 356. The molecule has 0 radical (unpaired) electrons. The molecule has 88 valence electrons. The Labute approximate surface area is 113 Å². The van der Waals surface area contributed by atoms with E-state index in [1.165, 1.54) is 25.7 Å². The first-order chi connectivity index (χ1) is 7.75. The molecule has 0 spiro atoms. The monoisotopic (exact) mass is 318 g/mol. The third-order valence-corrected chi connectivity index (χ3v) is 6.19. The van der Waals surface area contributed by atoms with Crippen LogP contribution in [-0.4, -0.2) is 16.8 Å². The zero-order chi connectivity index (χ0) is 11.4. The highest BCUT2D eigenvalue weighted by atomic mass is 79.9. The number of hydrogen-bond donors (Lipinski definition) is 0. The smallest absolute Gasteiger partial charge is 0.147 e. The number of thioether (sulfide) groups is 1. The first-order valence-electron chi connectivity index (χ1n) is 5.61. The van der Waals surface area contributed by atoms with Crippen LogP contribution in [0.5, 0.6) is 0 Å². The molecule has 1 aromatic rings. The second kappa shape index (κ2) is 6.22. The van der Waals surface area contributed by atoms with Crippen LogP contribution >= 0.6 is 39.0 Å². The molecule has 16 heavy (non-hydrogen) atoms. The van der Waals surface area contributed by atoms with Crippen molar-refractivity contribution in [1.82, 2.24) is 0 Å². The molecule has 0 saturated heterocycles. The molecule has 1 fully saturated rings. The summed E-state index contributed by atoms with van der Waals surface area (Å²) in [6.07, 6.45) is 5.91. The van der Waals surface area contributed by atoms with E-state index >= 15 is 0 Å². The molecule has 1 saturated carbocycles. The fourth-order valence-corrected chi connectivity index (χ4v) is 4.66. The van der Waals surface area contributed by atoms with Crippen LogP contribution in [0.25, 0.3) is 0 Å². The molecule has 0 aliphatic heterocycles. The highest BCUT2D eigenvalue weighted by Crippen LogP contribution is 2.30. The van der Waals surface area contributed by atoms with Crippen LogP contribution in [0.4, 0.5) is 0 Å². The van der Waals surface area contributed by atoms with Crippen molar-refractivity contribution in [3.8, 4) is 0 Å². The normalized spacial score (nSPS) is 16.8. The van der Waals surface area contributed by atoms with Gasteiger partial charge in [0.05, 0.1) is 5.75 Å². The van der Waals surface area contributed by atoms with Gasteiger partial charge in [-0.05, 0) is 40.2 Å². The van der Waals surface area contributed by atoms with Gasteiger partial charge in [-0.1, -0.05) is 12.8 Å². The quantitative estimate of drug-likeness (QED) is 0.805. The number of carbonyl (C=O) groups excluding carboxylic acids is 1. The molecule has 0 aromatic carbocycles. The number of rotatable bonds is 5. The second-order valence-electron chi connectivity index (χ2n) is 4.12. The van der Waals surface area contributed by atoms with Crippen molar-refractivity contribution < 1.29 is 4.79 Å². The van der Waals surface area contributed by atoms with Crippen LogP contribution < -0.4 is 0 Å². The van der Waals surface area contributed by atoms with E-state index in [4.69, 9.17) is 0 Å². The summed E-state index contributed by atoms with van der Waals surface area (Å²) in [5.74, 6) is 1.05. The van der Waals surface area contributed by atoms with Crippen LogP contribution in [0, 0.1) is 0 Å². The molecule has 1 heterocycles. The van der Waals surface area contributed by atoms with Gasteiger partial charge in [-0.25, -0.2) is 0 Å². The number of thiophene rings is 1. The first kappa shape index (κ1) is 12.7. The zero-order valence-electron chi connectivity index (χ0n) is 9.08. The van der Waals surface area contributed by atoms with E-state index < -0.39 is 0 Å². The van der Waals surface area contributed by atoms with Crippen molar-refractivity contribution >= 4 is 44.8 Å². The summed E-state index contributed by atoms with van der Waals surface area (Å²) in [4.78, 5) is 12.9. The lowest BCUT2D eigenvalue weighted by Crippen LogP contribution is -2.08. The average molecular weight is 319 g/mol. The molecule has 1 aliphatic carbocycles. The fraction of sp³-hybridized carbons (Fsp3) is 0.583. The SMILES string of the molecule is O=C(CSC1CCCC1)Cc1sccc1Br. The van der Waals surface area contributed by atoms with Gasteiger partial charge in [0.1, 0.15) is 5.78 Å². The standard InChI is InChI=1S/C12H15BrOS2/c13-11-5-6-15-12(11)7-9(14)8-16-10-3-1-2-4-10/h5-6,10H,1-4,7-8H2. The Morgan fingerprint density at radius 3 is 2.88 bits per heavy atom. The minimum atomic E-state index is 0.361. The predicted molar refractivity (Wildman–Crippen MR) is 75.4 cm³/mol. The summed E-state index contributed by atoms with van der Waals surface area (Å²) in [6, 6.07) is 2.01. The molecule has 0 unspecified atom stereocenters. The Hall–Kier alpha value is 0.200. The number of Topliss-reactive ketones (excluding diaryl/α,β-unsaturated/α-hetero) is 1. The van der Waals surface area contributed by atoms with Gasteiger partial charge in [0.25, 0.3) is 0 Å². The van der Waals surface area contributed by atoms with E-state index in [2.05, 4.69) is 15.9 Å². The summed E-state index contributed by atoms with van der Waals surface area (Å²) in [5.41, 5.74) is 0. The molecule has 2 rings (SSSR count). The third-order valence-electron chi connectivity index (χ3n) is 2.83. The predicted octanol–water partition coefficient (Wildman–Crippen LogP) is 4.30. The molecule has 0 bridgehead atoms. The van der Waals surface area contributed by atoms with Gasteiger partial charge >= 0.3 is 0 Å².